The summed E-state index contributed by atoms with van der Waals surface area (Å²) in [4.78, 5) is 4.34. The van der Waals surface area contributed by atoms with E-state index >= 15 is 0 Å². The minimum absolute atomic E-state index is 0.461. The van der Waals surface area contributed by atoms with Crippen molar-refractivity contribution in [2.45, 2.75) is 31.8 Å². The Morgan fingerprint density at radius 3 is 2.79 bits per heavy atom. The molecule has 0 radical (unpaired) electrons. The SMILES string of the molecule is CN=C(NCc1cccc(OC)c1)NC1CC1c1ccccc1C. The molecule has 0 spiro atoms. The molecule has 1 aliphatic carbocycles. The van der Waals surface area contributed by atoms with Crippen molar-refractivity contribution in [1.82, 2.24) is 10.6 Å². The van der Waals surface area contributed by atoms with E-state index in [4.69, 9.17) is 4.74 Å². The molecule has 0 saturated heterocycles. The second-order valence-corrected chi connectivity index (χ2v) is 6.23. The van der Waals surface area contributed by atoms with Gasteiger partial charge >= 0.3 is 0 Å². The van der Waals surface area contributed by atoms with E-state index in [2.05, 4.69) is 52.9 Å². The zero-order valence-corrected chi connectivity index (χ0v) is 14.5. The van der Waals surface area contributed by atoms with Gasteiger partial charge in [-0.15, -0.1) is 0 Å². The summed E-state index contributed by atoms with van der Waals surface area (Å²) in [6, 6.07) is 17.2. The van der Waals surface area contributed by atoms with Crippen molar-refractivity contribution >= 4 is 5.96 Å². The zero-order valence-electron chi connectivity index (χ0n) is 14.5. The number of nitrogens with zero attached hydrogens (tertiary/aromatic N) is 1. The van der Waals surface area contributed by atoms with Crippen molar-refractivity contribution in [3.63, 3.8) is 0 Å². The van der Waals surface area contributed by atoms with E-state index in [-0.39, 0.29) is 0 Å². The van der Waals surface area contributed by atoms with E-state index in [0.717, 1.165) is 24.7 Å². The first-order valence-electron chi connectivity index (χ1n) is 8.37. The van der Waals surface area contributed by atoms with Crippen LogP contribution in [0.2, 0.25) is 0 Å². The molecular weight excluding hydrogens is 298 g/mol. The van der Waals surface area contributed by atoms with Gasteiger partial charge in [-0.25, -0.2) is 0 Å². The molecule has 126 valence electrons. The highest BCUT2D eigenvalue weighted by Crippen LogP contribution is 2.41. The van der Waals surface area contributed by atoms with Gasteiger partial charge in [0.2, 0.25) is 0 Å². The largest absolute Gasteiger partial charge is 0.497 e. The Hall–Kier alpha value is -2.49. The van der Waals surface area contributed by atoms with Crippen molar-refractivity contribution < 1.29 is 4.74 Å². The van der Waals surface area contributed by atoms with Crippen LogP contribution in [0.25, 0.3) is 0 Å². The molecule has 2 aromatic carbocycles. The summed E-state index contributed by atoms with van der Waals surface area (Å²) in [5.41, 5.74) is 3.98. The topological polar surface area (TPSA) is 45.7 Å². The molecular formula is C20H25N3O. The smallest absolute Gasteiger partial charge is 0.191 e. The average molecular weight is 323 g/mol. The highest BCUT2D eigenvalue weighted by atomic mass is 16.5. The molecule has 0 amide bonds. The lowest BCUT2D eigenvalue weighted by Gasteiger charge is -2.13. The van der Waals surface area contributed by atoms with E-state index in [1.165, 1.54) is 16.7 Å². The van der Waals surface area contributed by atoms with Gasteiger partial charge in [-0.1, -0.05) is 36.4 Å². The van der Waals surface area contributed by atoms with Crippen LogP contribution >= 0.6 is 0 Å². The summed E-state index contributed by atoms with van der Waals surface area (Å²) in [7, 11) is 3.50. The lowest BCUT2D eigenvalue weighted by molar-refractivity contribution is 0.414. The van der Waals surface area contributed by atoms with Gasteiger partial charge in [-0.05, 0) is 42.2 Å². The number of methoxy groups -OCH3 is 1. The number of hydrogen-bond donors (Lipinski definition) is 2. The first kappa shape index (κ1) is 16.4. The number of aryl methyl sites for hydroxylation is 1. The van der Waals surface area contributed by atoms with Crippen molar-refractivity contribution in [2.24, 2.45) is 4.99 Å². The van der Waals surface area contributed by atoms with Crippen LogP contribution in [-0.2, 0) is 6.54 Å². The molecule has 2 N–H and O–H groups in total. The standard InChI is InChI=1S/C20H25N3O/c1-14-7-4-5-10-17(14)18-12-19(18)23-20(21-2)22-13-15-8-6-9-16(11-15)24-3/h4-11,18-19H,12-13H2,1-3H3,(H2,21,22,23). The normalized spacial score (nSPS) is 19.7. The molecule has 2 aromatic rings. The second-order valence-electron chi connectivity index (χ2n) is 6.23. The van der Waals surface area contributed by atoms with Crippen LogP contribution < -0.4 is 15.4 Å². The maximum atomic E-state index is 5.26. The van der Waals surface area contributed by atoms with E-state index in [0.29, 0.717) is 12.0 Å². The number of aliphatic imine (C=N–C) groups is 1. The zero-order chi connectivity index (χ0) is 16.9. The third-order valence-corrected chi connectivity index (χ3v) is 4.52. The third-order valence-electron chi connectivity index (χ3n) is 4.52. The van der Waals surface area contributed by atoms with Crippen LogP contribution in [-0.4, -0.2) is 26.2 Å². The third kappa shape index (κ3) is 3.88. The van der Waals surface area contributed by atoms with Gasteiger partial charge in [0.1, 0.15) is 5.75 Å². The Labute approximate surface area is 144 Å². The van der Waals surface area contributed by atoms with Gasteiger partial charge in [0.15, 0.2) is 5.96 Å². The summed E-state index contributed by atoms with van der Waals surface area (Å²) >= 11 is 0. The quantitative estimate of drug-likeness (QED) is 0.656. The number of hydrogen-bond acceptors (Lipinski definition) is 2. The number of benzene rings is 2. The van der Waals surface area contributed by atoms with Crippen LogP contribution in [0.1, 0.15) is 29.0 Å². The van der Waals surface area contributed by atoms with Crippen LogP contribution in [0.4, 0.5) is 0 Å². The molecule has 4 heteroatoms. The first-order valence-corrected chi connectivity index (χ1v) is 8.37. The molecule has 24 heavy (non-hydrogen) atoms. The fourth-order valence-corrected chi connectivity index (χ4v) is 3.04. The molecule has 0 aromatic heterocycles. The van der Waals surface area contributed by atoms with Crippen molar-refractivity contribution in [2.75, 3.05) is 14.2 Å². The van der Waals surface area contributed by atoms with Crippen molar-refractivity contribution in [1.29, 1.82) is 0 Å². The molecule has 0 bridgehead atoms. The predicted molar refractivity (Wildman–Crippen MR) is 98.7 cm³/mol. The predicted octanol–water partition coefficient (Wildman–Crippen LogP) is 3.22. The Morgan fingerprint density at radius 1 is 1.21 bits per heavy atom. The number of rotatable bonds is 5. The maximum Gasteiger partial charge on any atom is 0.191 e. The van der Waals surface area contributed by atoms with E-state index < -0.39 is 0 Å². The minimum Gasteiger partial charge on any atom is -0.497 e. The first-order chi connectivity index (χ1) is 11.7. The van der Waals surface area contributed by atoms with Gasteiger partial charge in [0, 0.05) is 25.6 Å². The van der Waals surface area contributed by atoms with Gasteiger partial charge < -0.3 is 15.4 Å². The highest BCUT2D eigenvalue weighted by Gasteiger charge is 2.39. The van der Waals surface area contributed by atoms with E-state index in [1.807, 2.05) is 25.2 Å². The summed E-state index contributed by atoms with van der Waals surface area (Å²) in [6.45, 7) is 2.90. The Bertz CT molecular complexity index is 726. The van der Waals surface area contributed by atoms with Gasteiger partial charge in [-0.3, -0.25) is 4.99 Å². The van der Waals surface area contributed by atoms with Crippen LogP contribution in [0.5, 0.6) is 5.75 Å². The van der Waals surface area contributed by atoms with Crippen molar-refractivity contribution in [3.8, 4) is 5.75 Å². The molecule has 1 saturated carbocycles. The molecule has 0 heterocycles. The average Bonchev–Trinajstić information content (AvgIpc) is 3.38. The Balaban J connectivity index is 1.54. The monoisotopic (exact) mass is 323 g/mol. The molecule has 4 nitrogen and oxygen atoms in total. The molecule has 0 aliphatic heterocycles. The summed E-state index contributed by atoms with van der Waals surface area (Å²) in [5, 5.41) is 6.90. The molecule has 3 rings (SSSR count). The minimum atomic E-state index is 0.461. The second kappa shape index (κ2) is 7.39. The van der Waals surface area contributed by atoms with E-state index in [1.54, 1.807) is 7.11 Å². The van der Waals surface area contributed by atoms with Crippen LogP contribution in [0.15, 0.2) is 53.5 Å². The Morgan fingerprint density at radius 2 is 2.04 bits per heavy atom. The fraction of sp³-hybridized carbons (Fsp3) is 0.350. The van der Waals surface area contributed by atoms with Crippen molar-refractivity contribution in [3.05, 3.63) is 65.2 Å². The number of guanidine groups is 1. The van der Waals surface area contributed by atoms with Gasteiger partial charge in [0.25, 0.3) is 0 Å². The number of nitrogens with one attached hydrogen (secondary N) is 2. The lowest BCUT2D eigenvalue weighted by atomic mass is 10.0. The van der Waals surface area contributed by atoms with Crippen LogP contribution in [0.3, 0.4) is 0 Å². The van der Waals surface area contributed by atoms with Gasteiger partial charge in [0.05, 0.1) is 7.11 Å². The fourth-order valence-electron chi connectivity index (χ4n) is 3.04. The highest BCUT2D eigenvalue weighted by molar-refractivity contribution is 5.80. The van der Waals surface area contributed by atoms with Crippen LogP contribution in [0, 0.1) is 6.92 Å². The van der Waals surface area contributed by atoms with Gasteiger partial charge in [-0.2, -0.15) is 0 Å². The summed E-state index contributed by atoms with van der Waals surface area (Å²) in [6.07, 6.45) is 1.16. The maximum absolute atomic E-state index is 5.26. The Kier molecular flexibility index (Phi) is 5.04. The lowest BCUT2D eigenvalue weighted by Crippen LogP contribution is -2.38. The number of ether oxygens (including phenoxy) is 1. The summed E-state index contributed by atoms with van der Waals surface area (Å²) < 4.78 is 5.26. The molecule has 2 unspecified atom stereocenters. The van der Waals surface area contributed by atoms with E-state index in [9.17, 15) is 0 Å². The molecule has 2 atom stereocenters. The molecule has 1 fully saturated rings. The molecule has 1 aliphatic rings. The summed E-state index contributed by atoms with van der Waals surface area (Å²) in [5.74, 6) is 2.31.